The fraction of sp³-hybridized carbons (Fsp3) is 0.167. The standard InChI is InChI=1S/C12H14N4O/c13-8-11(14)17-10-5-3-7-16-12(10)9-4-1-2-6-15-9/h1-7,11H,8,13-14H2/i/hD4. The molecule has 0 aliphatic heterocycles. The van der Waals surface area contributed by atoms with Crippen LogP contribution in [0.3, 0.4) is 0 Å². The lowest BCUT2D eigenvalue weighted by atomic mass is 10.2. The van der Waals surface area contributed by atoms with Crippen molar-refractivity contribution in [2.45, 2.75) is 6.23 Å². The van der Waals surface area contributed by atoms with Crippen molar-refractivity contribution >= 4 is 0 Å². The zero-order valence-corrected chi connectivity index (χ0v) is 9.02. The van der Waals surface area contributed by atoms with E-state index in [-0.39, 0.29) is 6.54 Å². The van der Waals surface area contributed by atoms with Crippen LogP contribution >= 0.6 is 0 Å². The first-order valence-corrected chi connectivity index (χ1v) is 5.13. The summed E-state index contributed by atoms with van der Waals surface area (Å²) in [4.78, 5) is 8.39. The van der Waals surface area contributed by atoms with Gasteiger partial charge in [-0.15, -0.1) is 0 Å². The number of nitrogens with two attached hydrogens (primary N) is 2. The minimum atomic E-state index is -1.09. The van der Waals surface area contributed by atoms with Gasteiger partial charge in [-0.2, -0.15) is 0 Å². The molecule has 1 atom stereocenters. The smallest absolute Gasteiger partial charge is 0.160 e. The van der Waals surface area contributed by atoms with E-state index in [1.807, 2.05) is 6.07 Å². The Morgan fingerprint density at radius 3 is 2.94 bits per heavy atom. The molecule has 0 aliphatic carbocycles. The predicted octanol–water partition coefficient (Wildman–Crippen LogP) is 0.766. The molecular weight excluding hydrogens is 216 g/mol. The van der Waals surface area contributed by atoms with Crippen LogP contribution in [0, 0.1) is 0 Å². The van der Waals surface area contributed by atoms with E-state index in [4.69, 9.17) is 10.4 Å². The first kappa shape index (κ1) is 7.37. The molecule has 0 saturated heterocycles. The molecule has 4 N–H and O–H groups in total. The summed E-state index contributed by atoms with van der Waals surface area (Å²) >= 11 is 0. The van der Waals surface area contributed by atoms with Gasteiger partial charge in [-0.25, -0.2) is 0 Å². The van der Waals surface area contributed by atoms with Crippen LogP contribution in [0.4, 0.5) is 0 Å². The fourth-order valence-electron chi connectivity index (χ4n) is 1.36. The van der Waals surface area contributed by atoms with Crippen molar-refractivity contribution in [2.75, 3.05) is 6.54 Å². The highest BCUT2D eigenvalue weighted by molar-refractivity contribution is 5.61. The largest absolute Gasteiger partial charge is 0.472 e. The average molecular weight is 234 g/mol. The second-order valence-electron chi connectivity index (χ2n) is 3.32. The van der Waals surface area contributed by atoms with Crippen molar-refractivity contribution in [3.63, 3.8) is 0 Å². The lowest BCUT2D eigenvalue weighted by Gasteiger charge is -2.14. The Kier molecular flexibility index (Phi) is 2.33. The van der Waals surface area contributed by atoms with E-state index in [0.717, 1.165) is 0 Å². The van der Waals surface area contributed by atoms with Gasteiger partial charge in [-0.3, -0.25) is 15.7 Å². The van der Waals surface area contributed by atoms with Crippen LogP contribution in [0.2, 0.25) is 5.65 Å². The van der Waals surface area contributed by atoms with Crippen LogP contribution in [-0.2, 0) is 0 Å². The van der Waals surface area contributed by atoms with Crippen molar-refractivity contribution in [1.29, 1.82) is 0 Å². The quantitative estimate of drug-likeness (QED) is 0.721. The molecule has 0 aromatic carbocycles. The van der Waals surface area contributed by atoms with Crippen molar-refractivity contribution < 1.29 is 10.4 Å². The van der Waals surface area contributed by atoms with Gasteiger partial charge in [0, 0.05) is 18.9 Å². The molecule has 17 heavy (non-hydrogen) atoms. The second kappa shape index (κ2) is 5.38. The summed E-state index contributed by atoms with van der Waals surface area (Å²) in [6, 6.07) is 8.67. The highest BCUT2D eigenvalue weighted by atomic mass is 16.5. The van der Waals surface area contributed by atoms with Crippen LogP contribution in [0.1, 0.15) is 0 Å². The van der Waals surface area contributed by atoms with E-state index in [0.29, 0.717) is 28.6 Å². The highest BCUT2D eigenvalue weighted by Crippen LogP contribution is 2.25. The van der Waals surface area contributed by atoms with E-state index in [1.54, 1.807) is 36.7 Å². The molecule has 88 valence electrons. The van der Waals surface area contributed by atoms with Gasteiger partial charge in [0.05, 0.1) is 5.69 Å². The lowest BCUT2D eigenvalue weighted by Crippen LogP contribution is -2.35. The number of pyridine rings is 2. The van der Waals surface area contributed by atoms with E-state index in [9.17, 15) is 0 Å². The van der Waals surface area contributed by atoms with Gasteiger partial charge in [0.15, 0.2) is 6.23 Å². The summed E-state index contributed by atoms with van der Waals surface area (Å²) in [5.74, 6) is 0.340. The Bertz CT molecular complexity index is 570. The van der Waals surface area contributed by atoms with Crippen molar-refractivity contribution in [1.82, 2.24) is 9.97 Å². The Morgan fingerprint density at radius 2 is 2.18 bits per heavy atom. The number of nitrogens with zero attached hydrogens (tertiary/aromatic N) is 2. The van der Waals surface area contributed by atoms with Gasteiger partial charge in [-0.05, 0) is 24.3 Å². The maximum atomic E-state index is 7.30. The molecule has 0 fully saturated rings. The normalized spacial score (nSPS) is 15.9. The first-order chi connectivity index (χ1) is 10.1. The van der Waals surface area contributed by atoms with Crippen molar-refractivity contribution in [3.05, 3.63) is 42.7 Å². The van der Waals surface area contributed by atoms with Crippen LogP contribution < -0.4 is 16.2 Å². The fourth-order valence-corrected chi connectivity index (χ4v) is 1.36. The van der Waals surface area contributed by atoms with Gasteiger partial charge in [-0.1, -0.05) is 6.07 Å². The molecule has 2 aromatic heterocycles. The van der Waals surface area contributed by atoms with E-state index >= 15 is 0 Å². The number of hydrogen-bond donors (Lipinski definition) is 2. The third-order valence-electron chi connectivity index (χ3n) is 2.10. The minimum Gasteiger partial charge on any atom is -0.472 e. The number of hydrogen-bond acceptors (Lipinski definition) is 5. The third kappa shape index (κ3) is 2.77. The molecule has 2 aromatic rings. The number of rotatable bonds is 6. The molecule has 0 amide bonds. The van der Waals surface area contributed by atoms with Gasteiger partial charge in [0.2, 0.25) is 0 Å². The Morgan fingerprint density at radius 1 is 1.24 bits per heavy atom. The van der Waals surface area contributed by atoms with Crippen LogP contribution in [0.25, 0.3) is 11.4 Å². The van der Waals surface area contributed by atoms with E-state index in [2.05, 4.69) is 9.97 Å². The molecule has 1 unspecified atom stereocenters. The molecule has 0 bridgehead atoms. The molecule has 0 radical (unpaired) electrons. The van der Waals surface area contributed by atoms with E-state index in [1.165, 1.54) is 0 Å². The van der Waals surface area contributed by atoms with Crippen LogP contribution in [0.15, 0.2) is 42.7 Å². The Labute approximate surface area is 105 Å². The SMILES string of the molecule is [2H]N([2H])CC(Oc1cccnc1-c1ccccn1)N([2H])[2H]. The monoisotopic (exact) mass is 234 g/mol. The van der Waals surface area contributed by atoms with Crippen molar-refractivity contribution in [2.24, 2.45) is 11.4 Å². The van der Waals surface area contributed by atoms with Gasteiger partial charge in [0.25, 0.3) is 0 Å². The van der Waals surface area contributed by atoms with Crippen LogP contribution in [-0.4, -0.2) is 22.7 Å². The molecule has 2 heterocycles. The molecule has 5 heteroatoms. The molecule has 5 nitrogen and oxygen atoms in total. The summed E-state index contributed by atoms with van der Waals surface area (Å²) in [5.41, 5.74) is 1.75. The number of ether oxygens (including phenoxy) is 1. The topological polar surface area (TPSA) is 87.0 Å². The van der Waals surface area contributed by atoms with Gasteiger partial charge >= 0.3 is 0 Å². The average Bonchev–Trinajstić information content (AvgIpc) is 2.47. The van der Waals surface area contributed by atoms with Gasteiger partial charge < -0.3 is 10.5 Å². The first-order valence-electron chi connectivity index (χ1n) is 6.92. The molecule has 2 rings (SSSR count). The summed E-state index contributed by atoms with van der Waals surface area (Å²) in [5, 5.41) is 0. The minimum absolute atomic E-state index is 0.246. The number of aromatic nitrogens is 2. The zero-order chi connectivity index (χ0) is 15.2. The Balaban J connectivity index is 2.27. The Hall–Kier alpha value is -1.98. The summed E-state index contributed by atoms with van der Waals surface area (Å²) < 4.78 is 34.3. The zero-order valence-electron chi connectivity index (χ0n) is 13.0. The lowest BCUT2D eigenvalue weighted by molar-refractivity contribution is 0.218. The molecule has 0 spiro atoms. The van der Waals surface area contributed by atoms with E-state index < -0.39 is 6.23 Å². The van der Waals surface area contributed by atoms with Crippen LogP contribution in [0.5, 0.6) is 5.75 Å². The predicted molar refractivity (Wildman–Crippen MR) is 65.1 cm³/mol. The summed E-state index contributed by atoms with van der Waals surface area (Å²) in [7, 11) is 0. The second-order valence-corrected chi connectivity index (χ2v) is 3.32. The summed E-state index contributed by atoms with van der Waals surface area (Å²) in [6.45, 7) is -0.246. The van der Waals surface area contributed by atoms with Crippen molar-refractivity contribution in [3.8, 4) is 17.1 Å². The highest BCUT2D eigenvalue weighted by Gasteiger charge is 2.10. The van der Waals surface area contributed by atoms with Gasteiger partial charge in [0.1, 0.15) is 17.1 Å². The third-order valence-corrected chi connectivity index (χ3v) is 2.10. The molecular formula is C12H14N4O. The maximum absolute atomic E-state index is 7.30. The molecule has 0 aliphatic rings. The summed E-state index contributed by atoms with van der Waals surface area (Å²) in [6.07, 6.45) is 2.13. The maximum Gasteiger partial charge on any atom is 0.160 e. The molecule has 0 saturated carbocycles.